The third kappa shape index (κ3) is 3.85. The second kappa shape index (κ2) is 8.63. The van der Waals surface area contributed by atoms with Crippen LogP contribution >= 0.6 is 0 Å². The highest BCUT2D eigenvalue weighted by Gasteiger charge is 2.25. The van der Waals surface area contributed by atoms with Crippen LogP contribution < -0.4 is 10.3 Å². The Morgan fingerprint density at radius 2 is 1.72 bits per heavy atom. The number of fused-ring (bicyclic) bond motifs is 1. The molecule has 32 heavy (non-hydrogen) atoms. The van der Waals surface area contributed by atoms with Crippen molar-refractivity contribution in [2.75, 3.05) is 26.1 Å². The van der Waals surface area contributed by atoms with Crippen LogP contribution in [0, 0.1) is 5.95 Å². The molecule has 4 aromatic rings. The van der Waals surface area contributed by atoms with E-state index >= 15 is 0 Å². The van der Waals surface area contributed by atoms with Crippen molar-refractivity contribution in [1.82, 2.24) is 9.55 Å². The number of aromatic nitrogens is 2. The fraction of sp³-hybridized carbons (Fsp3) is 0.160. The maximum absolute atomic E-state index is 14.1. The largest absolute Gasteiger partial charge is 0.464 e. The lowest BCUT2D eigenvalue weighted by molar-refractivity contribution is 0.0590. The zero-order valence-electron chi connectivity index (χ0n) is 18.0. The predicted octanol–water partition coefficient (Wildman–Crippen LogP) is 3.97. The van der Waals surface area contributed by atoms with Gasteiger partial charge in [0.1, 0.15) is 5.69 Å². The smallest absolute Gasteiger partial charge is 0.355 e. The number of methoxy groups -OCH3 is 1. The maximum atomic E-state index is 14.1. The minimum absolute atomic E-state index is 0.0333. The van der Waals surface area contributed by atoms with Crippen LogP contribution in [0.5, 0.6) is 0 Å². The van der Waals surface area contributed by atoms with Crippen LogP contribution in [-0.2, 0) is 11.2 Å². The molecule has 6 nitrogen and oxygen atoms in total. The van der Waals surface area contributed by atoms with Crippen molar-refractivity contribution >= 4 is 22.7 Å². The Balaban J connectivity index is 2.03. The minimum Gasteiger partial charge on any atom is -0.464 e. The van der Waals surface area contributed by atoms with E-state index in [2.05, 4.69) is 4.98 Å². The summed E-state index contributed by atoms with van der Waals surface area (Å²) < 4.78 is 20.6. The molecule has 0 aliphatic rings. The number of nitrogens with zero attached hydrogens (tertiary/aromatic N) is 3. The van der Waals surface area contributed by atoms with Gasteiger partial charge in [-0.05, 0) is 42.0 Å². The molecule has 2 heterocycles. The number of hydrogen-bond acceptors (Lipinski definition) is 5. The number of benzene rings is 2. The normalized spacial score (nSPS) is 10.9. The molecular formula is C25H22FN3O3. The number of pyridine rings is 2. The Kier molecular flexibility index (Phi) is 5.73. The molecule has 0 atom stereocenters. The molecule has 0 unspecified atom stereocenters. The first-order chi connectivity index (χ1) is 15.4. The summed E-state index contributed by atoms with van der Waals surface area (Å²) in [5, 5.41) is 0.225. The van der Waals surface area contributed by atoms with Gasteiger partial charge in [-0.1, -0.05) is 30.3 Å². The molecule has 2 aromatic heterocycles. The highest BCUT2D eigenvalue weighted by atomic mass is 19.1. The summed E-state index contributed by atoms with van der Waals surface area (Å²) in [5.74, 6) is -1.44. The van der Waals surface area contributed by atoms with Crippen LogP contribution in [0.15, 0.2) is 71.5 Å². The number of esters is 1. The van der Waals surface area contributed by atoms with Gasteiger partial charge in [0.2, 0.25) is 5.95 Å². The van der Waals surface area contributed by atoms with Gasteiger partial charge in [0.25, 0.3) is 0 Å². The SMILES string of the molecule is COC(=O)c1c(Cc2ccc(N(C)C)cc2)c(=O)c2ccc(F)nc2n1-c1ccccc1. The molecule has 0 aliphatic carbocycles. The Morgan fingerprint density at radius 1 is 1.03 bits per heavy atom. The number of carbonyl (C=O) groups excluding carboxylic acids is 1. The lowest BCUT2D eigenvalue weighted by Crippen LogP contribution is -2.25. The minimum atomic E-state index is -0.746. The van der Waals surface area contributed by atoms with E-state index in [-0.39, 0.29) is 34.1 Å². The number of anilines is 1. The molecule has 162 valence electrons. The standard InChI is InChI=1S/C25H22FN3O3/c1-28(2)17-11-9-16(10-12-17)15-20-22(25(31)32-3)29(18-7-5-4-6-8-18)24-19(23(20)30)13-14-21(26)27-24/h4-14H,15H2,1-3H3. The molecule has 0 spiro atoms. The van der Waals surface area contributed by atoms with E-state index < -0.39 is 11.9 Å². The zero-order chi connectivity index (χ0) is 22.8. The van der Waals surface area contributed by atoms with Gasteiger partial charge in [-0.3, -0.25) is 9.36 Å². The third-order valence-electron chi connectivity index (χ3n) is 5.31. The summed E-state index contributed by atoms with van der Waals surface area (Å²) in [4.78, 5) is 32.3. The van der Waals surface area contributed by atoms with Gasteiger partial charge in [0.15, 0.2) is 11.1 Å². The van der Waals surface area contributed by atoms with Gasteiger partial charge in [-0.25, -0.2) is 9.78 Å². The van der Waals surface area contributed by atoms with Crippen molar-refractivity contribution in [3.8, 4) is 5.69 Å². The van der Waals surface area contributed by atoms with Crippen LogP contribution in [0.2, 0.25) is 0 Å². The first-order valence-electron chi connectivity index (χ1n) is 10.0. The van der Waals surface area contributed by atoms with E-state index in [1.54, 1.807) is 24.3 Å². The number of ether oxygens (including phenoxy) is 1. The van der Waals surface area contributed by atoms with E-state index in [0.29, 0.717) is 5.69 Å². The molecule has 4 rings (SSSR count). The van der Waals surface area contributed by atoms with Crippen molar-refractivity contribution < 1.29 is 13.9 Å². The number of halogens is 1. The van der Waals surface area contributed by atoms with E-state index in [9.17, 15) is 14.0 Å². The average Bonchev–Trinajstić information content (AvgIpc) is 2.80. The topological polar surface area (TPSA) is 64.4 Å². The van der Waals surface area contributed by atoms with Crippen molar-refractivity contribution in [2.24, 2.45) is 0 Å². The summed E-state index contributed by atoms with van der Waals surface area (Å²) in [5.41, 5.74) is 2.42. The molecule has 7 heteroatoms. The first-order valence-corrected chi connectivity index (χ1v) is 10.0. The van der Waals surface area contributed by atoms with Crippen LogP contribution in [0.25, 0.3) is 16.7 Å². The second-order valence-electron chi connectivity index (χ2n) is 7.56. The van der Waals surface area contributed by atoms with Crippen LogP contribution in [0.4, 0.5) is 10.1 Å². The van der Waals surface area contributed by atoms with Crippen molar-refractivity contribution in [3.63, 3.8) is 0 Å². The van der Waals surface area contributed by atoms with Gasteiger partial charge in [0, 0.05) is 37.5 Å². The molecule has 0 fully saturated rings. The average molecular weight is 431 g/mol. The summed E-state index contributed by atoms with van der Waals surface area (Å²) in [6.07, 6.45) is 0.205. The molecule has 0 saturated heterocycles. The molecular weight excluding hydrogens is 409 g/mol. The van der Waals surface area contributed by atoms with E-state index in [1.165, 1.54) is 17.7 Å². The van der Waals surface area contributed by atoms with E-state index in [4.69, 9.17) is 4.74 Å². The lowest BCUT2D eigenvalue weighted by atomic mass is 10.00. The number of hydrogen-bond donors (Lipinski definition) is 0. The molecule has 0 bridgehead atoms. The van der Waals surface area contributed by atoms with Crippen LogP contribution in [0.1, 0.15) is 21.6 Å². The molecule has 2 aromatic carbocycles. The Bertz CT molecular complexity index is 1350. The van der Waals surface area contributed by atoms with Crippen molar-refractivity contribution in [3.05, 3.63) is 99.7 Å². The zero-order valence-corrected chi connectivity index (χ0v) is 18.0. The highest BCUT2D eigenvalue weighted by molar-refractivity contribution is 5.94. The van der Waals surface area contributed by atoms with Gasteiger partial charge in [0.05, 0.1) is 12.5 Å². The van der Waals surface area contributed by atoms with Gasteiger partial charge >= 0.3 is 5.97 Å². The van der Waals surface area contributed by atoms with Crippen LogP contribution in [-0.4, -0.2) is 36.7 Å². The molecule has 0 saturated carbocycles. The summed E-state index contributed by atoms with van der Waals surface area (Å²) in [7, 11) is 5.14. The van der Waals surface area contributed by atoms with E-state index in [1.807, 2.05) is 49.3 Å². The summed E-state index contributed by atoms with van der Waals surface area (Å²) in [6.45, 7) is 0. The summed E-state index contributed by atoms with van der Waals surface area (Å²) in [6, 6.07) is 19.2. The van der Waals surface area contributed by atoms with Crippen molar-refractivity contribution in [1.29, 1.82) is 0 Å². The predicted molar refractivity (Wildman–Crippen MR) is 122 cm³/mol. The van der Waals surface area contributed by atoms with Gasteiger partial charge in [-0.2, -0.15) is 4.39 Å². The van der Waals surface area contributed by atoms with E-state index in [0.717, 1.165) is 17.3 Å². The Hall–Kier alpha value is -4.00. The van der Waals surface area contributed by atoms with Gasteiger partial charge in [-0.15, -0.1) is 0 Å². The van der Waals surface area contributed by atoms with Gasteiger partial charge < -0.3 is 9.64 Å². The number of carbonyl (C=O) groups is 1. The molecule has 0 aliphatic heterocycles. The maximum Gasteiger partial charge on any atom is 0.355 e. The molecule has 0 N–H and O–H groups in total. The summed E-state index contributed by atoms with van der Waals surface area (Å²) >= 11 is 0. The Morgan fingerprint density at radius 3 is 2.34 bits per heavy atom. The number of para-hydroxylation sites is 1. The monoisotopic (exact) mass is 431 g/mol. The number of rotatable bonds is 5. The fourth-order valence-corrected chi connectivity index (χ4v) is 3.70. The first kappa shape index (κ1) is 21.2. The quantitative estimate of drug-likeness (QED) is 0.353. The Labute approximate surface area is 184 Å². The second-order valence-corrected chi connectivity index (χ2v) is 7.56. The fourth-order valence-electron chi connectivity index (χ4n) is 3.70. The third-order valence-corrected chi connectivity index (χ3v) is 5.31. The van der Waals surface area contributed by atoms with Crippen LogP contribution in [0.3, 0.4) is 0 Å². The highest BCUT2D eigenvalue weighted by Crippen LogP contribution is 2.24. The lowest BCUT2D eigenvalue weighted by Gasteiger charge is -2.19. The molecule has 0 radical (unpaired) electrons. The molecule has 0 amide bonds. The van der Waals surface area contributed by atoms with Crippen molar-refractivity contribution in [2.45, 2.75) is 6.42 Å².